The molecule has 1 saturated heterocycles. The highest BCUT2D eigenvalue weighted by atomic mass is 79.9. The van der Waals surface area contributed by atoms with E-state index in [2.05, 4.69) is 36.8 Å². The summed E-state index contributed by atoms with van der Waals surface area (Å²) in [5.41, 5.74) is 2.00. The Bertz CT molecular complexity index is 1080. The van der Waals surface area contributed by atoms with Gasteiger partial charge in [0.1, 0.15) is 0 Å². The Labute approximate surface area is 185 Å². The van der Waals surface area contributed by atoms with E-state index in [0.29, 0.717) is 31.1 Å². The minimum atomic E-state index is -3.46. The molecule has 0 spiro atoms. The number of aromatic nitrogens is 1. The first kappa shape index (κ1) is 20.0. The van der Waals surface area contributed by atoms with Crippen molar-refractivity contribution < 1.29 is 8.42 Å². The standard InChI is InChI=1S/C19H17Br2N3O2S2/c20-15-4-6-17(7-5-15)28(25,26)24-10-8-23(9-11-24)19-22-18(13-27-19)14-2-1-3-16(21)12-14/h1-7,12-13H,8-11H2. The number of halogens is 2. The van der Waals surface area contributed by atoms with Crippen molar-refractivity contribution in [3.63, 3.8) is 0 Å². The summed E-state index contributed by atoms with van der Waals surface area (Å²) in [6.07, 6.45) is 0. The predicted octanol–water partition coefficient (Wildman–Crippen LogP) is 4.85. The van der Waals surface area contributed by atoms with E-state index in [1.807, 2.05) is 29.6 Å². The molecule has 0 unspecified atom stereocenters. The molecule has 1 aliphatic rings. The molecule has 146 valence electrons. The van der Waals surface area contributed by atoms with Gasteiger partial charge in [-0.2, -0.15) is 4.31 Å². The third-order valence-electron chi connectivity index (χ3n) is 4.57. The van der Waals surface area contributed by atoms with Crippen molar-refractivity contribution in [2.75, 3.05) is 31.1 Å². The summed E-state index contributed by atoms with van der Waals surface area (Å²) in [5.74, 6) is 0. The number of thiazole rings is 1. The van der Waals surface area contributed by atoms with Crippen molar-refractivity contribution in [1.82, 2.24) is 9.29 Å². The van der Waals surface area contributed by atoms with Gasteiger partial charge >= 0.3 is 0 Å². The molecule has 0 saturated carbocycles. The summed E-state index contributed by atoms with van der Waals surface area (Å²) in [4.78, 5) is 7.23. The van der Waals surface area contributed by atoms with Gasteiger partial charge in [-0.3, -0.25) is 0 Å². The molecule has 0 amide bonds. The summed E-state index contributed by atoms with van der Waals surface area (Å²) in [6, 6.07) is 14.8. The highest BCUT2D eigenvalue weighted by molar-refractivity contribution is 9.10. The fourth-order valence-electron chi connectivity index (χ4n) is 3.07. The first-order valence-electron chi connectivity index (χ1n) is 8.65. The zero-order chi connectivity index (χ0) is 19.7. The molecule has 2 heterocycles. The Morgan fingerprint density at radius 1 is 0.929 bits per heavy atom. The van der Waals surface area contributed by atoms with Gasteiger partial charge in [0.25, 0.3) is 0 Å². The summed E-state index contributed by atoms with van der Waals surface area (Å²) < 4.78 is 29.1. The van der Waals surface area contributed by atoms with E-state index in [1.165, 1.54) is 0 Å². The molecule has 1 aliphatic heterocycles. The molecule has 0 radical (unpaired) electrons. The van der Waals surface area contributed by atoms with Crippen LogP contribution in [0.3, 0.4) is 0 Å². The summed E-state index contributed by atoms with van der Waals surface area (Å²) >= 11 is 8.42. The minimum absolute atomic E-state index is 0.329. The second kappa shape index (κ2) is 8.23. The van der Waals surface area contributed by atoms with Crippen molar-refractivity contribution in [3.8, 4) is 11.3 Å². The number of piperazine rings is 1. The molecule has 2 aromatic carbocycles. The number of nitrogens with zero attached hydrogens (tertiary/aromatic N) is 3. The SMILES string of the molecule is O=S(=O)(c1ccc(Br)cc1)N1CCN(c2nc(-c3cccc(Br)c3)cs2)CC1. The van der Waals surface area contributed by atoms with Gasteiger partial charge in [0.05, 0.1) is 10.6 Å². The molecule has 5 nitrogen and oxygen atoms in total. The molecule has 0 aliphatic carbocycles. The van der Waals surface area contributed by atoms with E-state index in [-0.39, 0.29) is 0 Å². The highest BCUT2D eigenvalue weighted by Gasteiger charge is 2.29. The maximum absolute atomic E-state index is 12.8. The largest absolute Gasteiger partial charge is 0.345 e. The number of hydrogen-bond donors (Lipinski definition) is 0. The Morgan fingerprint density at radius 3 is 2.32 bits per heavy atom. The molecular formula is C19H17Br2N3O2S2. The van der Waals surface area contributed by atoms with Gasteiger partial charge in [0, 0.05) is 46.1 Å². The second-order valence-corrected chi connectivity index (χ2v) is 11.0. The Morgan fingerprint density at radius 2 is 1.64 bits per heavy atom. The first-order valence-corrected chi connectivity index (χ1v) is 12.6. The van der Waals surface area contributed by atoms with E-state index < -0.39 is 10.0 Å². The van der Waals surface area contributed by atoms with Gasteiger partial charge in [0.2, 0.25) is 10.0 Å². The van der Waals surface area contributed by atoms with Crippen LogP contribution in [0.4, 0.5) is 5.13 Å². The molecule has 0 bridgehead atoms. The third kappa shape index (κ3) is 4.18. The van der Waals surface area contributed by atoms with Gasteiger partial charge in [-0.15, -0.1) is 11.3 Å². The van der Waals surface area contributed by atoms with Crippen molar-refractivity contribution in [2.45, 2.75) is 4.90 Å². The van der Waals surface area contributed by atoms with Gasteiger partial charge < -0.3 is 4.90 Å². The molecule has 28 heavy (non-hydrogen) atoms. The summed E-state index contributed by atoms with van der Waals surface area (Å²) in [6.45, 7) is 2.15. The quantitative estimate of drug-likeness (QED) is 0.473. The van der Waals surface area contributed by atoms with E-state index in [4.69, 9.17) is 4.98 Å². The number of sulfonamides is 1. The fraction of sp³-hybridized carbons (Fsp3) is 0.211. The third-order valence-corrected chi connectivity index (χ3v) is 8.41. The monoisotopic (exact) mass is 541 g/mol. The number of rotatable bonds is 4. The van der Waals surface area contributed by atoms with Crippen LogP contribution in [-0.2, 0) is 10.0 Å². The Hall–Kier alpha value is -1.26. The molecule has 0 atom stereocenters. The topological polar surface area (TPSA) is 53.5 Å². The number of hydrogen-bond acceptors (Lipinski definition) is 5. The van der Waals surface area contributed by atoms with Crippen LogP contribution in [0.15, 0.2) is 67.8 Å². The van der Waals surface area contributed by atoms with Crippen molar-refractivity contribution in [3.05, 3.63) is 62.9 Å². The summed E-state index contributed by atoms with van der Waals surface area (Å²) in [5, 5.41) is 2.97. The lowest BCUT2D eigenvalue weighted by Gasteiger charge is -2.33. The molecule has 3 aromatic rings. The number of benzene rings is 2. The molecule has 1 fully saturated rings. The molecule has 4 rings (SSSR count). The van der Waals surface area contributed by atoms with Gasteiger partial charge in [-0.05, 0) is 36.4 Å². The summed E-state index contributed by atoms with van der Waals surface area (Å²) in [7, 11) is -3.46. The average Bonchev–Trinajstić information content (AvgIpc) is 3.19. The van der Waals surface area contributed by atoms with Crippen LogP contribution in [-0.4, -0.2) is 43.9 Å². The van der Waals surface area contributed by atoms with Crippen LogP contribution < -0.4 is 4.90 Å². The van der Waals surface area contributed by atoms with E-state index in [9.17, 15) is 8.42 Å². The van der Waals surface area contributed by atoms with Crippen molar-refractivity contribution >= 4 is 58.4 Å². The van der Waals surface area contributed by atoms with Crippen molar-refractivity contribution in [1.29, 1.82) is 0 Å². The van der Waals surface area contributed by atoms with E-state index >= 15 is 0 Å². The van der Waals surface area contributed by atoms with Gasteiger partial charge in [-0.25, -0.2) is 13.4 Å². The zero-order valence-electron chi connectivity index (χ0n) is 14.8. The molecule has 9 heteroatoms. The van der Waals surface area contributed by atoms with Crippen LogP contribution in [0.5, 0.6) is 0 Å². The molecule has 0 N–H and O–H groups in total. The van der Waals surface area contributed by atoms with Crippen LogP contribution in [0, 0.1) is 0 Å². The normalized spacial score (nSPS) is 15.7. The smallest absolute Gasteiger partial charge is 0.243 e. The predicted molar refractivity (Wildman–Crippen MR) is 120 cm³/mol. The highest BCUT2D eigenvalue weighted by Crippen LogP contribution is 2.30. The average molecular weight is 543 g/mol. The minimum Gasteiger partial charge on any atom is -0.345 e. The first-order chi connectivity index (χ1) is 13.4. The second-order valence-electron chi connectivity index (χ2n) is 6.37. The van der Waals surface area contributed by atoms with Gasteiger partial charge in [-0.1, -0.05) is 44.0 Å². The molecular weight excluding hydrogens is 526 g/mol. The van der Waals surface area contributed by atoms with Gasteiger partial charge in [0.15, 0.2) is 5.13 Å². The van der Waals surface area contributed by atoms with Crippen LogP contribution in [0.25, 0.3) is 11.3 Å². The molecule has 1 aromatic heterocycles. The van der Waals surface area contributed by atoms with E-state index in [0.717, 1.165) is 25.3 Å². The maximum Gasteiger partial charge on any atom is 0.243 e. The maximum atomic E-state index is 12.8. The zero-order valence-corrected chi connectivity index (χ0v) is 19.6. The van der Waals surface area contributed by atoms with Crippen LogP contribution >= 0.6 is 43.2 Å². The van der Waals surface area contributed by atoms with Crippen LogP contribution in [0.2, 0.25) is 0 Å². The Balaban J connectivity index is 1.45. The lowest BCUT2D eigenvalue weighted by Crippen LogP contribution is -2.48. The van der Waals surface area contributed by atoms with Crippen molar-refractivity contribution in [2.24, 2.45) is 0 Å². The lowest BCUT2D eigenvalue weighted by molar-refractivity contribution is 0.385. The van der Waals surface area contributed by atoms with Crippen LogP contribution in [0.1, 0.15) is 0 Å². The van der Waals surface area contributed by atoms with E-state index in [1.54, 1.807) is 39.9 Å². The number of anilines is 1. The Kier molecular flexibility index (Phi) is 5.89. The fourth-order valence-corrected chi connectivity index (χ4v) is 6.04. The lowest BCUT2D eigenvalue weighted by atomic mass is 10.2.